The smallest absolute Gasteiger partial charge is 0.157 e. The molecule has 23 heavy (non-hydrogen) atoms. The molecule has 0 aromatic heterocycles. The predicted molar refractivity (Wildman–Crippen MR) is 97.0 cm³/mol. The molecule has 1 unspecified atom stereocenters. The number of nitrogens with one attached hydrogen (secondary N) is 1. The van der Waals surface area contributed by atoms with Crippen LogP contribution in [0.15, 0.2) is 66.7 Å². The van der Waals surface area contributed by atoms with Crippen LogP contribution in [0.2, 0.25) is 0 Å². The van der Waals surface area contributed by atoms with E-state index >= 15 is 0 Å². The van der Waals surface area contributed by atoms with Gasteiger partial charge < -0.3 is 5.32 Å². The van der Waals surface area contributed by atoms with Crippen LogP contribution in [0.25, 0.3) is 6.08 Å². The van der Waals surface area contributed by atoms with Crippen LogP contribution in [0.1, 0.15) is 31.4 Å². The topological polar surface area (TPSA) is 29.1 Å². The molecule has 0 aliphatic carbocycles. The fourth-order valence-corrected chi connectivity index (χ4v) is 2.43. The second-order valence-electron chi connectivity index (χ2n) is 6.13. The van der Waals surface area contributed by atoms with Gasteiger partial charge in [0, 0.05) is 19.0 Å². The maximum atomic E-state index is 12.2. The molecule has 0 aliphatic heterocycles. The summed E-state index contributed by atoms with van der Waals surface area (Å²) in [5.41, 5.74) is 2.30. The van der Waals surface area contributed by atoms with Crippen LogP contribution in [0, 0.1) is 5.92 Å². The summed E-state index contributed by atoms with van der Waals surface area (Å²) in [6.07, 6.45) is 4.10. The Hall–Kier alpha value is -2.19. The lowest BCUT2D eigenvalue weighted by molar-refractivity contribution is -0.115. The molecule has 0 heterocycles. The maximum Gasteiger partial charge on any atom is 0.157 e. The number of rotatable bonds is 8. The van der Waals surface area contributed by atoms with Gasteiger partial charge in [0.05, 0.1) is 0 Å². The van der Waals surface area contributed by atoms with E-state index in [0.717, 1.165) is 12.1 Å². The van der Waals surface area contributed by atoms with Gasteiger partial charge in [-0.2, -0.15) is 0 Å². The second-order valence-corrected chi connectivity index (χ2v) is 6.13. The minimum absolute atomic E-state index is 0.160. The van der Waals surface area contributed by atoms with Crippen molar-refractivity contribution < 1.29 is 4.79 Å². The van der Waals surface area contributed by atoms with E-state index in [4.69, 9.17) is 0 Å². The van der Waals surface area contributed by atoms with Crippen LogP contribution in [-0.4, -0.2) is 11.8 Å². The Balaban J connectivity index is 1.88. The third-order valence-corrected chi connectivity index (χ3v) is 3.90. The Labute approximate surface area is 139 Å². The quantitative estimate of drug-likeness (QED) is 0.729. The molecule has 2 nitrogen and oxygen atoms in total. The van der Waals surface area contributed by atoms with Gasteiger partial charge in [0.2, 0.25) is 0 Å². The average Bonchev–Trinajstić information content (AvgIpc) is 2.58. The summed E-state index contributed by atoms with van der Waals surface area (Å²) in [6.45, 7) is 5.09. The SMILES string of the molecule is CC(C)C(CC(=O)/C=C/c1ccccc1)NCc1ccccc1. The minimum atomic E-state index is 0.160. The molecule has 120 valence electrons. The number of carbonyl (C=O) groups excluding carboxylic acids is 1. The molecule has 0 spiro atoms. The Kier molecular flexibility index (Phi) is 6.76. The zero-order valence-electron chi connectivity index (χ0n) is 13.9. The van der Waals surface area contributed by atoms with Gasteiger partial charge in [-0.3, -0.25) is 4.79 Å². The van der Waals surface area contributed by atoms with E-state index in [1.54, 1.807) is 6.08 Å². The number of allylic oxidation sites excluding steroid dienone is 1. The zero-order chi connectivity index (χ0) is 16.5. The van der Waals surface area contributed by atoms with Gasteiger partial charge in [0.25, 0.3) is 0 Å². The molecule has 0 radical (unpaired) electrons. The number of carbonyl (C=O) groups is 1. The van der Waals surface area contributed by atoms with E-state index in [2.05, 4.69) is 31.3 Å². The van der Waals surface area contributed by atoms with E-state index < -0.39 is 0 Å². The van der Waals surface area contributed by atoms with Crippen molar-refractivity contribution >= 4 is 11.9 Å². The number of hydrogen-bond donors (Lipinski definition) is 1. The molecule has 1 N–H and O–H groups in total. The first-order chi connectivity index (χ1) is 11.1. The molecule has 0 aliphatic rings. The molecule has 0 bridgehead atoms. The van der Waals surface area contributed by atoms with Crippen molar-refractivity contribution in [2.45, 2.75) is 32.9 Å². The fraction of sp³-hybridized carbons (Fsp3) is 0.286. The maximum absolute atomic E-state index is 12.2. The Morgan fingerprint density at radius 1 is 1.00 bits per heavy atom. The molecular formula is C21H25NO. The fourth-order valence-electron chi connectivity index (χ4n) is 2.43. The first-order valence-electron chi connectivity index (χ1n) is 8.18. The molecule has 0 fully saturated rings. The van der Waals surface area contributed by atoms with Gasteiger partial charge in [0.15, 0.2) is 5.78 Å². The largest absolute Gasteiger partial charge is 0.309 e. The van der Waals surface area contributed by atoms with Crippen molar-refractivity contribution in [2.75, 3.05) is 0 Å². The molecule has 2 aromatic carbocycles. The Bertz CT molecular complexity index is 617. The summed E-state index contributed by atoms with van der Waals surface area (Å²) in [7, 11) is 0. The summed E-state index contributed by atoms with van der Waals surface area (Å²) in [6, 6.07) is 20.4. The van der Waals surface area contributed by atoms with Gasteiger partial charge in [-0.25, -0.2) is 0 Å². The standard InChI is InChI=1S/C21H25NO/c1-17(2)21(22-16-19-11-7-4-8-12-19)15-20(23)14-13-18-9-5-3-6-10-18/h3-14,17,21-22H,15-16H2,1-2H3/b14-13+. The van der Waals surface area contributed by atoms with Crippen molar-refractivity contribution in [1.82, 2.24) is 5.32 Å². The lowest BCUT2D eigenvalue weighted by Gasteiger charge is -2.21. The number of hydrogen-bond acceptors (Lipinski definition) is 2. The molecule has 2 heteroatoms. The zero-order valence-corrected chi connectivity index (χ0v) is 13.9. The van der Waals surface area contributed by atoms with Crippen molar-refractivity contribution in [3.63, 3.8) is 0 Å². The molecule has 0 saturated heterocycles. The van der Waals surface area contributed by atoms with Crippen LogP contribution >= 0.6 is 0 Å². The summed E-state index contributed by atoms with van der Waals surface area (Å²) < 4.78 is 0. The first kappa shape index (κ1) is 17.2. The molecular weight excluding hydrogens is 282 g/mol. The molecule has 0 amide bonds. The van der Waals surface area contributed by atoms with Crippen molar-refractivity contribution in [3.8, 4) is 0 Å². The molecule has 1 atom stereocenters. The summed E-state index contributed by atoms with van der Waals surface area (Å²) in [5.74, 6) is 0.570. The average molecular weight is 307 g/mol. The number of benzene rings is 2. The predicted octanol–water partition coefficient (Wildman–Crippen LogP) is 4.47. The summed E-state index contributed by atoms with van der Waals surface area (Å²) >= 11 is 0. The van der Waals surface area contributed by atoms with Crippen LogP contribution in [-0.2, 0) is 11.3 Å². The third-order valence-electron chi connectivity index (χ3n) is 3.90. The van der Waals surface area contributed by atoms with E-state index in [1.807, 2.05) is 54.6 Å². The van der Waals surface area contributed by atoms with Crippen LogP contribution in [0.5, 0.6) is 0 Å². The molecule has 0 saturated carbocycles. The van der Waals surface area contributed by atoms with Gasteiger partial charge in [0.1, 0.15) is 0 Å². The third kappa shape index (κ3) is 6.21. The number of ketones is 1. The normalized spacial score (nSPS) is 12.7. The lowest BCUT2D eigenvalue weighted by Crippen LogP contribution is -2.35. The highest BCUT2D eigenvalue weighted by molar-refractivity contribution is 5.93. The van der Waals surface area contributed by atoms with Crippen molar-refractivity contribution in [1.29, 1.82) is 0 Å². The minimum Gasteiger partial charge on any atom is -0.309 e. The Morgan fingerprint density at radius 2 is 1.61 bits per heavy atom. The molecule has 2 rings (SSSR count). The summed E-state index contributed by atoms with van der Waals surface area (Å²) in [4.78, 5) is 12.2. The monoisotopic (exact) mass is 307 g/mol. The van der Waals surface area contributed by atoms with Gasteiger partial charge in [-0.05, 0) is 23.1 Å². The van der Waals surface area contributed by atoms with E-state index in [9.17, 15) is 4.79 Å². The molecule has 2 aromatic rings. The first-order valence-corrected chi connectivity index (χ1v) is 8.18. The van der Waals surface area contributed by atoms with E-state index in [0.29, 0.717) is 12.3 Å². The highest BCUT2D eigenvalue weighted by Crippen LogP contribution is 2.10. The van der Waals surface area contributed by atoms with E-state index in [-0.39, 0.29) is 11.8 Å². The second kappa shape index (κ2) is 9.06. The van der Waals surface area contributed by atoms with E-state index in [1.165, 1.54) is 5.56 Å². The lowest BCUT2D eigenvalue weighted by atomic mass is 9.98. The van der Waals surface area contributed by atoms with Gasteiger partial charge >= 0.3 is 0 Å². The van der Waals surface area contributed by atoms with Crippen molar-refractivity contribution in [2.24, 2.45) is 5.92 Å². The highest BCUT2D eigenvalue weighted by Gasteiger charge is 2.15. The summed E-state index contributed by atoms with van der Waals surface area (Å²) in [5, 5.41) is 3.51. The van der Waals surface area contributed by atoms with Gasteiger partial charge in [-0.1, -0.05) is 80.6 Å². The van der Waals surface area contributed by atoms with Crippen molar-refractivity contribution in [3.05, 3.63) is 77.9 Å². The van der Waals surface area contributed by atoms with Crippen LogP contribution < -0.4 is 5.32 Å². The van der Waals surface area contributed by atoms with Crippen LogP contribution in [0.3, 0.4) is 0 Å². The Morgan fingerprint density at radius 3 is 2.22 bits per heavy atom. The van der Waals surface area contributed by atoms with Gasteiger partial charge in [-0.15, -0.1) is 0 Å². The highest BCUT2D eigenvalue weighted by atomic mass is 16.1. The van der Waals surface area contributed by atoms with Crippen LogP contribution in [0.4, 0.5) is 0 Å².